The van der Waals surface area contributed by atoms with Gasteiger partial charge in [0, 0.05) is 19.6 Å². The minimum absolute atomic E-state index is 0.0340. The molecule has 1 saturated heterocycles. The van der Waals surface area contributed by atoms with E-state index in [1.165, 1.54) is 18.4 Å². The Labute approximate surface area is 150 Å². The number of nitrogens with zero attached hydrogens (tertiary/aromatic N) is 2. The molecule has 5 heteroatoms. The Morgan fingerprint density at radius 3 is 2.52 bits per heavy atom. The van der Waals surface area contributed by atoms with Crippen molar-refractivity contribution >= 4 is 6.09 Å². The Morgan fingerprint density at radius 1 is 1.24 bits per heavy atom. The van der Waals surface area contributed by atoms with Gasteiger partial charge in [-0.15, -0.1) is 0 Å². The van der Waals surface area contributed by atoms with Gasteiger partial charge in [0.1, 0.15) is 5.60 Å². The highest BCUT2D eigenvalue weighted by Crippen LogP contribution is 2.32. The lowest BCUT2D eigenvalue weighted by molar-refractivity contribution is 0.0269. The third kappa shape index (κ3) is 5.19. The van der Waals surface area contributed by atoms with E-state index in [4.69, 9.17) is 4.74 Å². The predicted octanol–water partition coefficient (Wildman–Crippen LogP) is 2.88. The van der Waals surface area contributed by atoms with E-state index in [1.807, 2.05) is 39.0 Å². The summed E-state index contributed by atoms with van der Waals surface area (Å²) in [4.78, 5) is 16.3. The fourth-order valence-corrected chi connectivity index (χ4v) is 3.37. The Hall–Kier alpha value is -1.59. The molecule has 1 aliphatic carbocycles. The van der Waals surface area contributed by atoms with E-state index in [2.05, 4.69) is 17.0 Å². The van der Waals surface area contributed by atoms with Crippen LogP contribution < -0.4 is 0 Å². The molecule has 2 atom stereocenters. The van der Waals surface area contributed by atoms with Crippen LogP contribution in [0.4, 0.5) is 4.79 Å². The zero-order chi connectivity index (χ0) is 18.0. The van der Waals surface area contributed by atoms with E-state index in [0.29, 0.717) is 13.1 Å². The van der Waals surface area contributed by atoms with Gasteiger partial charge in [-0.3, -0.25) is 4.90 Å². The number of benzene rings is 1. The summed E-state index contributed by atoms with van der Waals surface area (Å²) in [5, 5.41) is 10.6. The standard InChI is InChI=1S/C20H30N2O3/c1-20(2,3)25-19(24)22-13-17(18(23)14-22)21(12-16-9-10-16)11-15-7-5-4-6-8-15/h4-8,16-18,23H,9-14H2,1-3H3/t17-,18-/m1/s1. The molecule has 0 bridgehead atoms. The zero-order valence-corrected chi connectivity index (χ0v) is 15.5. The summed E-state index contributed by atoms with van der Waals surface area (Å²) < 4.78 is 5.47. The molecular weight excluding hydrogens is 316 g/mol. The van der Waals surface area contributed by atoms with E-state index in [-0.39, 0.29) is 12.1 Å². The smallest absolute Gasteiger partial charge is 0.410 e. The molecule has 2 fully saturated rings. The van der Waals surface area contributed by atoms with E-state index >= 15 is 0 Å². The van der Waals surface area contributed by atoms with Crippen LogP contribution in [0.2, 0.25) is 0 Å². The number of amides is 1. The molecule has 25 heavy (non-hydrogen) atoms. The maximum atomic E-state index is 12.3. The molecule has 1 heterocycles. The molecule has 0 aromatic heterocycles. The second-order valence-corrected chi connectivity index (χ2v) is 8.38. The molecule has 1 saturated carbocycles. The third-order valence-corrected chi connectivity index (χ3v) is 4.80. The number of ether oxygens (including phenoxy) is 1. The van der Waals surface area contributed by atoms with Gasteiger partial charge in [-0.05, 0) is 45.1 Å². The quantitative estimate of drug-likeness (QED) is 0.891. The first-order valence-electron chi connectivity index (χ1n) is 9.26. The van der Waals surface area contributed by atoms with Crippen LogP contribution in [-0.4, -0.2) is 58.4 Å². The molecule has 5 nitrogen and oxygen atoms in total. The summed E-state index contributed by atoms with van der Waals surface area (Å²) in [6, 6.07) is 10.3. The number of rotatable bonds is 5. The first kappa shape index (κ1) is 18.2. The lowest BCUT2D eigenvalue weighted by Crippen LogP contribution is -2.44. The summed E-state index contributed by atoms with van der Waals surface area (Å²) in [5.41, 5.74) is 0.726. The number of β-amino-alcohol motifs (C(OH)–C–C–N with tert-alkyl or cyclic N) is 1. The highest BCUT2D eigenvalue weighted by Gasteiger charge is 2.40. The lowest BCUT2D eigenvalue weighted by atomic mass is 10.1. The molecule has 1 aliphatic heterocycles. The van der Waals surface area contributed by atoms with Crippen molar-refractivity contribution in [3.63, 3.8) is 0 Å². The monoisotopic (exact) mass is 346 g/mol. The Kier molecular flexibility index (Phi) is 5.35. The van der Waals surface area contributed by atoms with Crippen molar-refractivity contribution < 1.29 is 14.6 Å². The van der Waals surface area contributed by atoms with Crippen molar-refractivity contribution in [2.45, 2.75) is 57.9 Å². The minimum Gasteiger partial charge on any atom is -0.444 e. The van der Waals surface area contributed by atoms with E-state index < -0.39 is 11.7 Å². The van der Waals surface area contributed by atoms with Gasteiger partial charge in [-0.25, -0.2) is 4.79 Å². The van der Waals surface area contributed by atoms with Crippen LogP contribution in [-0.2, 0) is 11.3 Å². The van der Waals surface area contributed by atoms with Gasteiger partial charge in [-0.1, -0.05) is 30.3 Å². The average molecular weight is 346 g/mol. The largest absolute Gasteiger partial charge is 0.444 e. The molecule has 1 amide bonds. The van der Waals surface area contributed by atoms with Crippen molar-refractivity contribution in [3.8, 4) is 0 Å². The predicted molar refractivity (Wildman–Crippen MR) is 97.2 cm³/mol. The molecule has 1 aromatic rings. The second kappa shape index (κ2) is 7.34. The van der Waals surface area contributed by atoms with Gasteiger partial charge < -0.3 is 14.7 Å². The Balaban J connectivity index is 1.66. The van der Waals surface area contributed by atoms with Gasteiger partial charge in [0.15, 0.2) is 0 Å². The van der Waals surface area contributed by atoms with Gasteiger partial charge >= 0.3 is 6.09 Å². The zero-order valence-electron chi connectivity index (χ0n) is 15.5. The first-order valence-corrected chi connectivity index (χ1v) is 9.26. The van der Waals surface area contributed by atoms with E-state index in [0.717, 1.165) is 19.0 Å². The lowest BCUT2D eigenvalue weighted by Gasteiger charge is -2.31. The molecule has 138 valence electrons. The Morgan fingerprint density at radius 2 is 1.92 bits per heavy atom. The van der Waals surface area contributed by atoms with Crippen molar-refractivity contribution in [1.29, 1.82) is 0 Å². The Bertz CT molecular complexity index is 580. The van der Waals surface area contributed by atoms with Gasteiger partial charge in [0.2, 0.25) is 0 Å². The van der Waals surface area contributed by atoms with E-state index in [9.17, 15) is 9.90 Å². The summed E-state index contributed by atoms with van der Waals surface area (Å²) in [6.07, 6.45) is 1.67. The summed E-state index contributed by atoms with van der Waals surface area (Å²) >= 11 is 0. The molecule has 1 aromatic carbocycles. The van der Waals surface area contributed by atoms with Crippen LogP contribution in [0, 0.1) is 5.92 Å². The summed E-state index contributed by atoms with van der Waals surface area (Å²) in [6.45, 7) is 8.25. The number of likely N-dealkylation sites (tertiary alicyclic amines) is 1. The number of carbonyl (C=O) groups excluding carboxylic acids is 1. The molecule has 3 rings (SSSR count). The number of aliphatic hydroxyl groups is 1. The molecule has 0 unspecified atom stereocenters. The first-order chi connectivity index (χ1) is 11.8. The molecular formula is C20H30N2O3. The fraction of sp³-hybridized carbons (Fsp3) is 0.650. The third-order valence-electron chi connectivity index (χ3n) is 4.80. The number of carbonyl (C=O) groups is 1. The molecule has 1 N–H and O–H groups in total. The highest BCUT2D eigenvalue weighted by molar-refractivity contribution is 5.68. The van der Waals surface area contributed by atoms with Crippen LogP contribution in [0.25, 0.3) is 0 Å². The maximum absolute atomic E-state index is 12.3. The van der Waals surface area contributed by atoms with Gasteiger partial charge in [-0.2, -0.15) is 0 Å². The van der Waals surface area contributed by atoms with E-state index in [1.54, 1.807) is 4.90 Å². The van der Waals surface area contributed by atoms with Crippen molar-refractivity contribution in [1.82, 2.24) is 9.80 Å². The number of hydrogen-bond donors (Lipinski definition) is 1. The summed E-state index contributed by atoms with van der Waals surface area (Å²) in [5.74, 6) is 0.728. The van der Waals surface area contributed by atoms with Gasteiger partial charge in [0.25, 0.3) is 0 Å². The number of aliphatic hydroxyl groups excluding tert-OH is 1. The van der Waals surface area contributed by atoms with Crippen molar-refractivity contribution in [2.24, 2.45) is 5.92 Å². The highest BCUT2D eigenvalue weighted by atomic mass is 16.6. The second-order valence-electron chi connectivity index (χ2n) is 8.38. The fourth-order valence-electron chi connectivity index (χ4n) is 3.37. The molecule has 0 radical (unpaired) electrons. The van der Waals surface area contributed by atoms with Crippen LogP contribution in [0.1, 0.15) is 39.2 Å². The average Bonchev–Trinajstić information content (AvgIpc) is 3.26. The topological polar surface area (TPSA) is 53.0 Å². The normalized spacial score (nSPS) is 24.0. The van der Waals surface area contributed by atoms with Crippen LogP contribution >= 0.6 is 0 Å². The SMILES string of the molecule is CC(C)(C)OC(=O)N1C[C@@H](O)[C@H](N(Cc2ccccc2)CC2CC2)C1. The summed E-state index contributed by atoms with van der Waals surface area (Å²) in [7, 11) is 0. The van der Waals surface area contributed by atoms with Crippen molar-refractivity contribution in [2.75, 3.05) is 19.6 Å². The minimum atomic E-state index is -0.532. The maximum Gasteiger partial charge on any atom is 0.410 e. The van der Waals surface area contributed by atoms with Crippen LogP contribution in [0.15, 0.2) is 30.3 Å². The molecule has 0 spiro atoms. The number of hydrogen-bond acceptors (Lipinski definition) is 4. The van der Waals surface area contributed by atoms with Crippen LogP contribution in [0.5, 0.6) is 0 Å². The van der Waals surface area contributed by atoms with Crippen LogP contribution in [0.3, 0.4) is 0 Å². The van der Waals surface area contributed by atoms with Gasteiger partial charge in [0.05, 0.1) is 18.7 Å². The van der Waals surface area contributed by atoms with Crippen molar-refractivity contribution in [3.05, 3.63) is 35.9 Å². The molecule has 2 aliphatic rings.